The predicted octanol–water partition coefficient (Wildman–Crippen LogP) is -0.452. The van der Waals surface area contributed by atoms with Crippen LogP contribution in [0.3, 0.4) is 0 Å². The van der Waals surface area contributed by atoms with E-state index >= 15 is 0 Å². The van der Waals surface area contributed by atoms with Gasteiger partial charge in [-0.05, 0) is 7.05 Å². The molecule has 1 aliphatic rings. The van der Waals surface area contributed by atoms with E-state index in [1.54, 1.807) is 7.05 Å². The molecule has 1 rings (SSSR count). The van der Waals surface area contributed by atoms with Crippen molar-refractivity contribution in [3.63, 3.8) is 0 Å². The van der Waals surface area contributed by atoms with Gasteiger partial charge < -0.3 is 25.3 Å². The van der Waals surface area contributed by atoms with Crippen LogP contribution in [-0.2, 0) is 0 Å². The minimum atomic E-state index is -1.000. The third-order valence-electron chi connectivity index (χ3n) is 2.44. The number of nitrogens with zero attached hydrogens (tertiary/aromatic N) is 2. The standard InChI is InChI=1S/C8H15N3O4/c1-9-4-6-5-10(7(12)13)2-3-11(6)8(14)15/h6,9H,2-5H2,1H3,(H,12,13)(H,14,15). The van der Waals surface area contributed by atoms with Gasteiger partial charge in [0, 0.05) is 26.2 Å². The van der Waals surface area contributed by atoms with Gasteiger partial charge in [-0.25, -0.2) is 9.59 Å². The molecule has 86 valence electrons. The molecule has 0 aromatic carbocycles. The van der Waals surface area contributed by atoms with Gasteiger partial charge in [0.1, 0.15) is 0 Å². The van der Waals surface area contributed by atoms with Crippen molar-refractivity contribution in [3.05, 3.63) is 0 Å². The second kappa shape index (κ2) is 4.83. The molecule has 0 saturated carbocycles. The van der Waals surface area contributed by atoms with Crippen molar-refractivity contribution >= 4 is 12.2 Å². The number of hydrogen-bond donors (Lipinski definition) is 3. The van der Waals surface area contributed by atoms with E-state index in [0.717, 1.165) is 0 Å². The first kappa shape index (κ1) is 11.6. The van der Waals surface area contributed by atoms with Gasteiger partial charge in [-0.15, -0.1) is 0 Å². The number of carbonyl (C=O) groups is 2. The number of likely N-dealkylation sites (N-methyl/N-ethyl adjacent to an activating group) is 1. The lowest BCUT2D eigenvalue weighted by molar-refractivity contribution is 0.0643. The summed E-state index contributed by atoms with van der Waals surface area (Å²) in [7, 11) is 1.71. The van der Waals surface area contributed by atoms with Crippen LogP contribution >= 0.6 is 0 Å². The smallest absolute Gasteiger partial charge is 0.407 e. The van der Waals surface area contributed by atoms with Crippen molar-refractivity contribution in [2.75, 3.05) is 33.2 Å². The summed E-state index contributed by atoms with van der Waals surface area (Å²) in [6, 6.07) is -0.308. The molecule has 1 unspecified atom stereocenters. The van der Waals surface area contributed by atoms with E-state index in [1.165, 1.54) is 9.80 Å². The Bertz CT molecular complexity index is 258. The summed E-state index contributed by atoms with van der Waals surface area (Å²) >= 11 is 0. The summed E-state index contributed by atoms with van der Waals surface area (Å²) in [5.41, 5.74) is 0. The van der Waals surface area contributed by atoms with Crippen molar-refractivity contribution < 1.29 is 19.8 Å². The number of carboxylic acid groups (broad SMARTS) is 2. The molecule has 0 aromatic heterocycles. The molecule has 2 amide bonds. The van der Waals surface area contributed by atoms with Crippen LogP contribution in [0.15, 0.2) is 0 Å². The molecule has 0 aliphatic carbocycles. The van der Waals surface area contributed by atoms with Crippen molar-refractivity contribution in [2.45, 2.75) is 6.04 Å². The molecule has 1 aliphatic heterocycles. The maximum absolute atomic E-state index is 10.8. The zero-order valence-corrected chi connectivity index (χ0v) is 8.51. The highest BCUT2D eigenvalue weighted by Crippen LogP contribution is 2.09. The zero-order chi connectivity index (χ0) is 11.4. The lowest BCUT2D eigenvalue weighted by atomic mass is 10.2. The molecule has 1 heterocycles. The molecule has 7 heteroatoms. The maximum atomic E-state index is 10.8. The van der Waals surface area contributed by atoms with E-state index < -0.39 is 12.2 Å². The molecule has 0 spiro atoms. The molecule has 1 fully saturated rings. The van der Waals surface area contributed by atoms with Crippen LogP contribution in [0.5, 0.6) is 0 Å². The SMILES string of the molecule is CNCC1CN(C(=O)O)CCN1C(=O)O. The van der Waals surface area contributed by atoms with E-state index in [-0.39, 0.29) is 25.7 Å². The van der Waals surface area contributed by atoms with Gasteiger partial charge in [0.15, 0.2) is 0 Å². The summed E-state index contributed by atoms with van der Waals surface area (Å²) in [6.07, 6.45) is -2.00. The largest absolute Gasteiger partial charge is 0.465 e. The summed E-state index contributed by atoms with van der Waals surface area (Å²) in [5, 5.41) is 20.5. The fourth-order valence-electron chi connectivity index (χ4n) is 1.69. The topological polar surface area (TPSA) is 93.1 Å². The quantitative estimate of drug-likeness (QED) is 0.582. The average molecular weight is 217 g/mol. The fourth-order valence-corrected chi connectivity index (χ4v) is 1.69. The van der Waals surface area contributed by atoms with Gasteiger partial charge in [-0.1, -0.05) is 0 Å². The number of piperazine rings is 1. The Morgan fingerprint density at radius 2 is 2.00 bits per heavy atom. The Balaban J connectivity index is 2.64. The Morgan fingerprint density at radius 3 is 2.47 bits per heavy atom. The van der Waals surface area contributed by atoms with Crippen molar-refractivity contribution in [1.29, 1.82) is 0 Å². The van der Waals surface area contributed by atoms with Crippen LogP contribution in [0.25, 0.3) is 0 Å². The molecule has 7 nitrogen and oxygen atoms in total. The Kier molecular flexibility index (Phi) is 3.73. The van der Waals surface area contributed by atoms with Crippen LogP contribution in [-0.4, -0.2) is 71.5 Å². The van der Waals surface area contributed by atoms with E-state index in [4.69, 9.17) is 10.2 Å². The van der Waals surface area contributed by atoms with Crippen LogP contribution in [0.4, 0.5) is 9.59 Å². The average Bonchev–Trinajstić information content (AvgIpc) is 2.17. The summed E-state index contributed by atoms with van der Waals surface area (Å²) in [6.45, 7) is 1.15. The molecule has 0 aromatic rings. The molecule has 15 heavy (non-hydrogen) atoms. The molecular weight excluding hydrogens is 202 g/mol. The van der Waals surface area contributed by atoms with Crippen LogP contribution in [0, 0.1) is 0 Å². The third-order valence-corrected chi connectivity index (χ3v) is 2.44. The van der Waals surface area contributed by atoms with E-state index in [9.17, 15) is 9.59 Å². The molecule has 0 radical (unpaired) electrons. The van der Waals surface area contributed by atoms with Gasteiger partial charge >= 0.3 is 12.2 Å². The van der Waals surface area contributed by atoms with E-state index in [2.05, 4.69) is 5.32 Å². The zero-order valence-electron chi connectivity index (χ0n) is 8.51. The lowest BCUT2D eigenvalue weighted by Gasteiger charge is -2.38. The second-order valence-electron chi connectivity index (χ2n) is 3.42. The van der Waals surface area contributed by atoms with Crippen molar-refractivity contribution in [1.82, 2.24) is 15.1 Å². The summed E-state index contributed by atoms with van der Waals surface area (Å²) in [4.78, 5) is 24.1. The number of nitrogens with one attached hydrogen (secondary N) is 1. The van der Waals surface area contributed by atoms with Crippen LogP contribution < -0.4 is 5.32 Å². The van der Waals surface area contributed by atoms with Gasteiger partial charge in [0.2, 0.25) is 0 Å². The first-order valence-electron chi connectivity index (χ1n) is 4.68. The van der Waals surface area contributed by atoms with E-state index in [0.29, 0.717) is 6.54 Å². The first-order valence-corrected chi connectivity index (χ1v) is 4.68. The van der Waals surface area contributed by atoms with Crippen LogP contribution in [0.2, 0.25) is 0 Å². The Morgan fingerprint density at radius 1 is 1.33 bits per heavy atom. The van der Waals surface area contributed by atoms with E-state index in [1.807, 2.05) is 0 Å². The number of rotatable bonds is 2. The molecule has 1 saturated heterocycles. The highest BCUT2D eigenvalue weighted by molar-refractivity contribution is 5.68. The molecule has 3 N–H and O–H groups in total. The number of amides is 2. The minimum Gasteiger partial charge on any atom is -0.465 e. The summed E-state index contributed by atoms with van der Waals surface area (Å²) in [5.74, 6) is 0. The van der Waals surface area contributed by atoms with Gasteiger partial charge in [0.25, 0.3) is 0 Å². The van der Waals surface area contributed by atoms with Gasteiger partial charge in [-0.2, -0.15) is 0 Å². The Hall–Kier alpha value is -1.50. The molecule has 1 atom stereocenters. The molecule has 0 bridgehead atoms. The highest BCUT2D eigenvalue weighted by Gasteiger charge is 2.31. The fraction of sp³-hybridized carbons (Fsp3) is 0.750. The minimum absolute atomic E-state index is 0.225. The van der Waals surface area contributed by atoms with Crippen LogP contribution in [0.1, 0.15) is 0 Å². The molecular formula is C8H15N3O4. The lowest BCUT2D eigenvalue weighted by Crippen LogP contribution is -2.58. The van der Waals surface area contributed by atoms with Crippen molar-refractivity contribution in [3.8, 4) is 0 Å². The monoisotopic (exact) mass is 217 g/mol. The maximum Gasteiger partial charge on any atom is 0.407 e. The number of hydrogen-bond acceptors (Lipinski definition) is 3. The van der Waals surface area contributed by atoms with Gasteiger partial charge in [-0.3, -0.25) is 0 Å². The Labute approximate surface area is 87.3 Å². The second-order valence-corrected chi connectivity index (χ2v) is 3.42. The van der Waals surface area contributed by atoms with Gasteiger partial charge in [0.05, 0.1) is 6.04 Å². The first-order chi connectivity index (χ1) is 7.06. The summed E-state index contributed by atoms with van der Waals surface area (Å²) < 4.78 is 0. The third kappa shape index (κ3) is 2.72. The normalized spacial score (nSPS) is 21.5. The predicted molar refractivity (Wildman–Crippen MR) is 52.0 cm³/mol. The highest BCUT2D eigenvalue weighted by atomic mass is 16.4. The van der Waals surface area contributed by atoms with Crippen molar-refractivity contribution in [2.24, 2.45) is 0 Å².